The Hall–Kier alpha value is -1.77. The smallest absolute Gasteiger partial charge is 0.332 e. The topological polar surface area (TPSA) is 46.5 Å². The van der Waals surface area contributed by atoms with Crippen molar-refractivity contribution < 1.29 is 14.6 Å². The average molecular weight is 192 g/mol. The zero-order valence-electron chi connectivity index (χ0n) is 7.93. The van der Waals surface area contributed by atoms with E-state index >= 15 is 0 Å². The van der Waals surface area contributed by atoms with E-state index < -0.39 is 5.97 Å². The van der Waals surface area contributed by atoms with E-state index in [9.17, 15) is 4.79 Å². The summed E-state index contributed by atoms with van der Waals surface area (Å²) in [5, 5.41) is 8.62. The maximum atomic E-state index is 10.5. The standard InChI is InChI=1S/C11H12O3/c1-2-14-10(8-11(12)13)9-6-4-3-5-7-9/h3-8H,2H2,1H3,(H,12,13)/b10-8+. The SMILES string of the molecule is CCO/C(=C/C(=O)O)c1ccccc1. The first-order valence-electron chi connectivity index (χ1n) is 4.37. The third kappa shape index (κ3) is 2.94. The molecule has 1 N–H and O–H groups in total. The van der Waals surface area contributed by atoms with E-state index in [0.717, 1.165) is 11.6 Å². The van der Waals surface area contributed by atoms with Crippen molar-refractivity contribution in [1.29, 1.82) is 0 Å². The number of carboxylic acids is 1. The fourth-order valence-corrected chi connectivity index (χ4v) is 1.08. The van der Waals surface area contributed by atoms with Gasteiger partial charge in [-0.3, -0.25) is 0 Å². The highest BCUT2D eigenvalue weighted by molar-refractivity contribution is 5.88. The Kier molecular flexibility index (Phi) is 3.73. The third-order valence-electron chi connectivity index (χ3n) is 1.61. The van der Waals surface area contributed by atoms with Crippen molar-refractivity contribution in [2.24, 2.45) is 0 Å². The summed E-state index contributed by atoms with van der Waals surface area (Å²) in [6.45, 7) is 2.27. The maximum Gasteiger partial charge on any atom is 0.332 e. The van der Waals surface area contributed by atoms with Gasteiger partial charge in [0.2, 0.25) is 0 Å². The molecule has 0 aliphatic rings. The zero-order chi connectivity index (χ0) is 10.4. The number of ether oxygens (including phenoxy) is 1. The Morgan fingerprint density at radius 1 is 1.43 bits per heavy atom. The lowest BCUT2D eigenvalue weighted by Crippen LogP contribution is -1.96. The number of carboxylic acid groups (broad SMARTS) is 1. The van der Waals surface area contributed by atoms with Crippen LogP contribution in [0.25, 0.3) is 5.76 Å². The van der Waals surface area contributed by atoms with Gasteiger partial charge in [-0.2, -0.15) is 0 Å². The second kappa shape index (κ2) is 5.07. The van der Waals surface area contributed by atoms with E-state index in [1.54, 1.807) is 0 Å². The van der Waals surface area contributed by atoms with Crippen molar-refractivity contribution in [3.05, 3.63) is 42.0 Å². The summed E-state index contributed by atoms with van der Waals surface area (Å²) in [5.74, 6) is -0.613. The van der Waals surface area contributed by atoms with Crippen LogP contribution in [0.2, 0.25) is 0 Å². The van der Waals surface area contributed by atoms with Crippen LogP contribution in [0.5, 0.6) is 0 Å². The van der Waals surface area contributed by atoms with E-state index in [1.807, 2.05) is 37.3 Å². The number of aliphatic carboxylic acids is 1. The first kappa shape index (κ1) is 10.3. The molecule has 0 aliphatic heterocycles. The molecule has 0 bridgehead atoms. The third-order valence-corrected chi connectivity index (χ3v) is 1.61. The molecule has 0 amide bonds. The molecular weight excluding hydrogens is 180 g/mol. The molecule has 14 heavy (non-hydrogen) atoms. The molecular formula is C11H12O3. The fourth-order valence-electron chi connectivity index (χ4n) is 1.08. The van der Waals surface area contributed by atoms with Crippen molar-refractivity contribution in [2.75, 3.05) is 6.61 Å². The first-order chi connectivity index (χ1) is 6.74. The normalized spacial score (nSPS) is 11.1. The van der Waals surface area contributed by atoms with Crippen LogP contribution in [-0.2, 0) is 9.53 Å². The number of hydrogen-bond donors (Lipinski definition) is 1. The van der Waals surface area contributed by atoms with Gasteiger partial charge in [0, 0.05) is 5.56 Å². The Balaban J connectivity index is 2.94. The Morgan fingerprint density at radius 2 is 2.07 bits per heavy atom. The summed E-state index contributed by atoms with van der Waals surface area (Å²) in [7, 11) is 0. The van der Waals surface area contributed by atoms with Crippen molar-refractivity contribution in [1.82, 2.24) is 0 Å². The molecule has 0 atom stereocenters. The monoisotopic (exact) mass is 192 g/mol. The largest absolute Gasteiger partial charge is 0.493 e. The van der Waals surface area contributed by atoms with Crippen LogP contribution in [0, 0.1) is 0 Å². The Bertz CT molecular complexity index is 328. The first-order valence-corrected chi connectivity index (χ1v) is 4.37. The highest BCUT2D eigenvalue weighted by atomic mass is 16.5. The molecule has 1 rings (SSSR count). The zero-order valence-corrected chi connectivity index (χ0v) is 7.93. The predicted octanol–water partition coefficient (Wildman–Crippen LogP) is 2.15. The van der Waals surface area contributed by atoms with Gasteiger partial charge in [-0.15, -0.1) is 0 Å². The molecule has 1 aromatic rings. The molecule has 0 unspecified atom stereocenters. The van der Waals surface area contributed by atoms with Gasteiger partial charge in [-0.1, -0.05) is 30.3 Å². The van der Waals surface area contributed by atoms with Gasteiger partial charge < -0.3 is 9.84 Å². The van der Waals surface area contributed by atoms with E-state index in [4.69, 9.17) is 9.84 Å². The summed E-state index contributed by atoms with van der Waals surface area (Å²) < 4.78 is 5.22. The molecule has 0 aromatic heterocycles. The summed E-state index contributed by atoms with van der Waals surface area (Å²) in [4.78, 5) is 10.5. The van der Waals surface area contributed by atoms with Crippen LogP contribution in [0.4, 0.5) is 0 Å². The number of hydrogen-bond acceptors (Lipinski definition) is 2. The van der Waals surface area contributed by atoms with Gasteiger partial charge in [0.05, 0.1) is 12.7 Å². The maximum absolute atomic E-state index is 10.5. The summed E-state index contributed by atoms with van der Waals surface area (Å²) in [6.07, 6.45) is 1.07. The molecule has 3 nitrogen and oxygen atoms in total. The fraction of sp³-hybridized carbons (Fsp3) is 0.182. The molecule has 3 heteroatoms. The van der Waals surface area contributed by atoms with Gasteiger partial charge >= 0.3 is 5.97 Å². The molecule has 0 saturated heterocycles. The van der Waals surface area contributed by atoms with E-state index in [1.165, 1.54) is 0 Å². The average Bonchev–Trinajstić information content (AvgIpc) is 2.18. The van der Waals surface area contributed by atoms with E-state index in [-0.39, 0.29) is 0 Å². The molecule has 0 radical (unpaired) electrons. The van der Waals surface area contributed by atoms with Crippen LogP contribution in [0.15, 0.2) is 36.4 Å². The lowest BCUT2D eigenvalue weighted by Gasteiger charge is -2.07. The molecule has 0 spiro atoms. The van der Waals surface area contributed by atoms with Gasteiger partial charge in [0.1, 0.15) is 5.76 Å². The van der Waals surface area contributed by atoms with Gasteiger partial charge in [-0.05, 0) is 6.92 Å². The van der Waals surface area contributed by atoms with Gasteiger partial charge in [0.15, 0.2) is 0 Å². The van der Waals surface area contributed by atoms with E-state index in [0.29, 0.717) is 12.4 Å². The van der Waals surface area contributed by atoms with Gasteiger partial charge in [0.25, 0.3) is 0 Å². The number of rotatable bonds is 4. The second-order valence-electron chi connectivity index (χ2n) is 2.65. The van der Waals surface area contributed by atoms with Gasteiger partial charge in [-0.25, -0.2) is 4.79 Å². The van der Waals surface area contributed by atoms with Crippen molar-refractivity contribution >= 4 is 11.7 Å². The van der Waals surface area contributed by atoms with Crippen molar-refractivity contribution in [3.63, 3.8) is 0 Å². The number of carbonyl (C=O) groups is 1. The van der Waals surface area contributed by atoms with Crippen LogP contribution >= 0.6 is 0 Å². The molecule has 0 aliphatic carbocycles. The van der Waals surface area contributed by atoms with Crippen LogP contribution in [-0.4, -0.2) is 17.7 Å². The molecule has 0 fully saturated rings. The summed E-state index contributed by atoms with van der Waals surface area (Å²) in [6, 6.07) is 9.16. The van der Waals surface area contributed by atoms with Crippen molar-refractivity contribution in [2.45, 2.75) is 6.92 Å². The Morgan fingerprint density at radius 3 is 2.57 bits per heavy atom. The van der Waals surface area contributed by atoms with Crippen molar-refractivity contribution in [3.8, 4) is 0 Å². The summed E-state index contributed by atoms with van der Waals surface area (Å²) >= 11 is 0. The van der Waals surface area contributed by atoms with Crippen LogP contribution in [0.1, 0.15) is 12.5 Å². The minimum Gasteiger partial charge on any atom is -0.493 e. The highest BCUT2D eigenvalue weighted by Crippen LogP contribution is 2.14. The molecule has 1 aromatic carbocycles. The molecule has 0 heterocycles. The minimum absolute atomic E-state index is 0.389. The van der Waals surface area contributed by atoms with E-state index in [2.05, 4.69) is 0 Å². The molecule has 74 valence electrons. The van der Waals surface area contributed by atoms with Crippen LogP contribution in [0.3, 0.4) is 0 Å². The summed E-state index contributed by atoms with van der Waals surface area (Å²) in [5.41, 5.74) is 0.775. The Labute approximate surface area is 82.6 Å². The van der Waals surface area contributed by atoms with Crippen LogP contribution < -0.4 is 0 Å². The lowest BCUT2D eigenvalue weighted by atomic mass is 10.2. The second-order valence-corrected chi connectivity index (χ2v) is 2.65. The minimum atomic E-state index is -1.00. The highest BCUT2D eigenvalue weighted by Gasteiger charge is 2.03. The lowest BCUT2D eigenvalue weighted by molar-refractivity contribution is -0.131. The number of benzene rings is 1. The molecule has 0 saturated carbocycles. The predicted molar refractivity (Wildman–Crippen MR) is 53.7 cm³/mol. The quantitative estimate of drug-likeness (QED) is 0.587.